The van der Waals surface area contributed by atoms with E-state index in [1.54, 1.807) is 13.4 Å². The smallest absolute Gasteiger partial charge is 0.150 e. The van der Waals surface area contributed by atoms with Crippen molar-refractivity contribution in [3.05, 3.63) is 12.2 Å². The van der Waals surface area contributed by atoms with Crippen LogP contribution in [0.5, 0.6) is 0 Å². The Morgan fingerprint density at radius 2 is 2.15 bits per heavy atom. The summed E-state index contributed by atoms with van der Waals surface area (Å²) in [6, 6.07) is 0.322. The Labute approximate surface area is 121 Å². The summed E-state index contributed by atoms with van der Waals surface area (Å²) in [5.41, 5.74) is 0. The molecule has 1 aliphatic heterocycles. The van der Waals surface area contributed by atoms with Gasteiger partial charge in [-0.05, 0) is 19.5 Å². The maximum atomic E-state index is 5.56. The van der Waals surface area contributed by atoms with Gasteiger partial charge in [0.25, 0.3) is 0 Å². The Morgan fingerprint density at radius 1 is 1.40 bits per heavy atom. The molecule has 0 saturated carbocycles. The topological polar surface area (TPSA) is 46.4 Å². The Bertz CT molecular complexity index is 404. The van der Waals surface area contributed by atoms with Crippen molar-refractivity contribution in [3.8, 4) is 0 Å². The highest BCUT2D eigenvalue weighted by Gasteiger charge is 2.35. The van der Waals surface area contributed by atoms with E-state index in [4.69, 9.17) is 4.74 Å². The molecule has 1 fully saturated rings. The van der Waals surface area contributed by atoms with Gasteiger partial charge in [-0.25, -0.2) is 0 Å². The number of nitrogens with zero attached hydrogens (tertiary/aromatic N) is 5. The highest BCUT2D eigenvalue weighted by atomic mass is 16.5. The number of likely N-dealkylation sites (tertiary alicyclic amines) is 1. The van der Waals surface area contributed by atoms with Crippen LogP contribution in [0, 0.1) is 0 Å². The second-order valence-electron chi connectivity index (χ2n) is 5.43. The minimum absolute atomic E-state index is 0.299. The SMILES string of the molecule is CCN(CC)CCN1C[C@H](OC)C[C@H]1c1nncn1C. The fraction of sp³-hybridized carbons (Fsp3) is 0.857. The molecule has 1 aromatic rings. The highest BCUT2D eigenvalue weighted by molar-refractivity contribution is 5.01. The van der Waals surface area contributed by atoms with Gasteiger partial charge in [0.15, 0.2) is 0 Å². The average molecular weight is 281 g/mol. The summed E-state index contributed by atoms with van der Waals surface area (Å²) >= 11 is 0. The van der Waals surface area contributed by atoms with E-state index in [0.717, 1.165) is 45.0 Å². The fourth-order valence-electron chi connectivity index (χ4n) is 2.95. The van der Waals surface area contributed by atoms with Crippen molar-refractivity contribution in [1.29, 1.82) is 0 Å². The molecule has 114 valence electrons. The van der Waals surface area contributed by atoms with E-state index in [1.165, 1.54) is 0 Å². The number of aryl methyl sites for hydroxylation is 1. The lowest BCUT2D eigenvalue weighted by molar-refractivity contribution is 0.106. The van der Waals surface area contributed by atoms with E-state index in [1.807, 2.05) is 11.6 Å². The molecule has 2 rings (SSSR count). The summed E-state index contributed by atoms with van der Waals surface area (Å²) in [5.74, 6) is 1.05. The van der Waals surface area contributed by atoms with Gasteiger partial charge in [-0.3, -0.25) is 4.90 Å². The summed E-state index contributed by atoms with van der Waals surface area (Å²) in [6.45, 7) is 9.77. The van der Waals surface area contributed by atoms with Crippen LogP contribution >= 0.6 is 0 Å². The lowest BCUT2D eigenvalue weighted by atomic mass is 10.2. The van der Waals surface area contributed by atoms with Gasteiger partial charge in [-0.2, -0.15) is 0 Å². The lowest BCUT2D eigenvalue weighted by Gasteiger charge is -2.26. The lowest BCUT2D eigenvalue weighted by Crippen LogP contribution is -2.36. The van der Waals surface area contributed by atoms with Gasteiger partial charge < -0.3 is 14.2 Å². The van der Waals surface area contributed by atoms with Crippen molar-refractivity contribution >= 4 is 0 Å². The summed E-state index contributed by atoms with van der Waals surface area (Å²) in [5, 5.41) is 8.30. The number of ether oxygens (including phenoxy) is 1. The van der Waals surface area contributed by atoms with Crippen molar-refractivity contribution in [1.82, 2.24) is 24.6 Å². The first-order chi connectivity index (χ1) is 9.69. The number of hydrogen-bond donors (Lipinski definition) is 0. The minimum Gasteiger partial charge on any atom is -0.380 e. The number of rotatable bonds is 7. The molecular formula is C14H27N5O. The second kappa shape index (κ2) is 7.15. The molecule has 1 aromatic heterocycles. The maximum Gasteiger partial charge on any atom is 0.150 e. The third kappa shape index (κ3) is 3.37. The van der Waals surface area contributed by atoms with Gasteiger partial charge in [0.05, 0.1) is 12.1 Å². The summed E-state index contributed by atoms with van der Waals surface area (Å²) < 4.78 is 7.58. The quantitative estimate of drug-likeness (QED) is 0.744. The molecule has 1 aliphatic rings. The van der Waals surface area contributed by atoms with E-state index in [-0.39, 0.29) is 0 Å². The monoisotopic (exact) mass is 281 g/mol. The Kier molecular flexibility index (Phi) is 5.51. The van der Waals surface area contributed by atoms with Crippen LogP contribution in [-0.2, 0) is 11.8 Å². The Morgan fingerprint density at radius 3 is 2.70 bits per heavy atom. The van der Waals surface area contributed by atoms with Crippen molar-refractivity contribution in [2.75, 3.05) is 39.8 Å². The average Bonchev–Trinajstić information content (AvgIpc) is 3.05. The number of aromatic nitrogens is 3. The molecule has 6 heteroatoms. The molecular weight excluding hydrogens is 254 g/mol. The van der Waals surface area contributed by atoms with Crippen LogP contribution in [0.25, 0.3) is 0 Å². The van der Waals surface area contributed by atoms with Crippen molar-refractivity contribution in [2.45, 2.75) is 32.4 Å². The van der Waals surface area contributed by atoms with Gasteiger partial charge in [0.1, 0.15) is 12.2 Å². The van der Waals surface area contributed by atoms with Crippen molar-refractivity contribution in [3.63, 3.8) is 0 Å². The molecule has 0 unspecified atom stereocenters. The molecule has 1 saturated heterocycles. The van der Waals surface area contributed by atoms with Gasteiger partial charge in [0, 0.05) is 33.8 Å². The van der Waals surface area contributed by atoms with Gasteiger partial charge >= 0.3 is 0 Å². The largest absolute Gasteiger partial charge is 0.380 e. The van der Waals surface area contributed by atoms with Gasteiger partial charge in [-0.15, -0.1) is 10.2 Å². The Hall–Kier alpha value is -0.980. The van der Waals surface area contributed by atoms with Crippen LogP contribution in [0.2, 0.25) is 0 Å². The number of hydrogen-bond acceptors (Lipinski definition) is 5. The van der Waals surface area contributed by atoms with E-state index in [2.05, 4.69) is 33.8 Å². The van der Waals surface area contributed by atoms with Crippen LogP contribution < -0.4 is 0 Å². The third-order valence-electron chi connectivity index (χ3n) is 4.34. The van der Waals surface area contributed by atoms with E-state index >= 15 is 0 Å². The number of likely N-dealkylation sites (N-methyl/N-ethyl adjacent to an activating group) is 1. The molecule has 0 radical (unpaired) electrons. The van der Waals surface area contributed by atoms with E-state index in [9.17, 15) is 0 Å². The third-order valence-corrected chi connectivity index (χ3v) is 4.34. The molecule has 0 bridgehead atoms. The van der Waals surface area contributed by atoms with Crippen LogP contribution in [-0.4, -0.2) is 70.5 Å². The highest BCUT2D eigenvalue weighted by Crippen LogP contribution is 2.31. The van der Waals surface area contributed by atoms with Crippen molar-refractivity contribution in [2.24, 2.45) is 7.05 Å². The molecule has 6 nitrogen and oxygen atoms in total. The van der Waals surface area contributed by atoms with Crippen LogP contribution in [0.4, 0.5) is 0 Å². The first-order valence-electron chi connectivity index (χ1n) is 7.52. The first-order valence-corrected chi connectivity index (χ1v) is 7.52. The standard InChI is InChI=1S/C14H27N5O/c1-5-18(6-2)7-8-19-10-12(20-4)9-13(19)14-16-15-11-17(14)3/h11-13H,5-10H2,1-4H3/t12-,13+/m1/s1. The molecule has 0 aromatic carbocycles. The summed E-state index contributed by atoms with van der Waals surface area (Å²) in [6.07, 6.45) is 3.08. The van der Waals surface area contributed by atoms with Crippen molar-refractivity contribution < 1.29 is 4.74 Å². The molecule has 20 heavy (non-hydrogen) atoms. The normalized spacial score (nSPS) is 23.9. The predicted octanol–water partition coefficient (Wildman–Crippen LogP) is 0.919. The van der Waals surface area contributed by atoms with E-state index < -0.39 is 0 Å². The molecule has 0 aliphatic carbocycles. The number of methoxy groups -OCH3 is 1. The zero-order valence-electron chi connectivity index (χ0n) is 13.1. The van der Waals surface area contributed by atoms with Crippen LogP contribution in [0.1, 0.15) is 32.1 Å². The van der Waals surface area contributed by atoms with Crippen LogP contribution in [0.3, 0.4) is 0 Å². The molecule has 2 atom stereocenters. The molecule has 2 heterocycles. The predicted molar refractivity (Wildman–Crippen MR) is 78.5 cm³/mol. The second-order valence-corrected chi connectivity index (χ2v) is 5.43. The first kappa shape index (κ1) is 15.4. The van der Waals surface area contributed by atoms with Gasteiger partial charge in [0.2, 0.25) is 0 Å². The van der Waals surface area contributed by atoms with Crippen LogP contribution in [0.15, 0.2) is 6.33 Å². The summed E-state index contributed by atoms with van der Waals surface area (Å²) in [4.78, 5) is 4.93. The van der Waals surface area contributed by atoms with E-state index in [0.29, 0.717) is 12.1 Å². The zero-order valence-corrected chi connectivity index (χ0v) is 13.1. The molecule has 0 amide bonds. The maximum absolute atomic E-state index is 5.56. The fourth-order valence-corrected chi connectivity index (χ4v) is 2.95. The molecule has 0 spiro atoms. The minimum atomic E-state index is 0.299. The zero-order chi connectivity index (χ0) is 14.5. The van der Waals surface area contributed by atoms with Gasteiger partial charge in [-0.1, -0.05) is 13.8 Å². The Balaban J connectivity index is 2.02. The summed E-state index contributed by atoms with van der Waals surface area (Å²) in [7, 11) is 3.81. The molecule has 0 N–H and O–H groups in total.